The van der Waals surface area contributed by atoms with E-state index in [1.165, 1.54) is 0 Å². The first-order chi connectivity index (χ1) is 4.63. The molecule has 0 amide bonds. The minimum absolute atomic E-state index is 2.44. The summed E-state index contributed by atoms with van der Waals surface area (Å²) in [6.07, 6.45) is -9.56. The Morgan fingerprint density at radius 3 is 1.55 bits per heavy atom. The summed E-state index contributed by atoms with van der Waals surface area (Å²) >= 11 is 3.84. The van der Waals surface area contributed by atoms with E-state index in [1.54, 1.807) is 0 Å². The van der Waals surface area contributed by atoms with E-state index >= 15 is 0 Å². The van der Waals surface area contributed by atoms with E-state index in [1.807, 2.05) is 0 Å². The average Bonchev–Trinajstić information content (AvgIpc) is 1.56. The number of halogens is 7. The van der Waals surface area contributed by atoms with Crippen LogP contribution in [0.25, 0.3) is 0 Å². The van der Waals surface area contributed by atoms with E-state index in [9.17, 15) is 26.3 Å². The molecule has 0 aromatic heterocycles. The lowest BCUT2D eigenvalue weighted by Crippen LogP contribution is -2.32. The Morgan fingerprint density at radius 2 is 1.45 bits per heavy atom. The molecule has 0 aromatic carbocycles. The van der Waals surface area contributed by atoms with Crippen molar-refractivity contribution in [1.29, 1.82) is 0 Å². The van der Waals surface area contributed by atoms with E-state index in [2.05, 4.69) is 16.3 Å². The second-order valence-corrected chi connectivity index (χ2v) is 1.86. The molecule has 11 heavy (non-hydrogen) atoms. The molecule has 1 nitrogen and oxygen atoms in total. The van der Waals surface area contributed by atoms with Crippen molar-refractivity contribution in [3.63, 3.8) is 0 Å². The lowest BCUT2D eigenvalue weighted by atomic mass is 10.7. The largest absolute Gasteiger partial charge is 0.445 e. The number of ether oxygens (including phenoxy) is 1. The highest BCUT2D eigenvalue weighted by molar-refractivity contribution is 6.20. The number of hydrogen-bond donors (Lipinski definition) is 0. The molecule has 0 spiro atoms. The Balaban J connectivity index is 3.99. The van der Waals surface area contributed by atoms with Crippen LogP contribution in [0.3, 0.4) is 0 Å². The van der Waals surface area contributed by atoms with Crippen molar-refractivity contribution < 1.29 is 31.1 Å². The molecule has 0 radical (unpaired) electrons. The maximum absolute atomic E-state index is 11.5. The Kier molecular flexibility index (Phi) is 3.01. The van der Waals surface area contributed by atoms with E-state index in [-0.39, 0.29) is 0 Å². The van der Waals surface area contributed by atoms with Crippen LogP contribution in [0.5, 0.6) is 0 Å². The van der Waals surface area contributed by atoms with Gasteiger partial charge in [-0.2, -0.15) is 22.0 Å². The third-order valence-corrected chi connectivity index (χ3v) is 0.584. The molecule has 0 aromatic rings. The van der Waals surface area contributed by atoms with Gasteiger partial charge in [0.25, 0.3) is 0 Å². The lowest BCUT2D eigenvalue weighted by molar-refractivity contribution is -0.328. The van der Waals surface area contributed by atoms with Crippen LogP contribution < -0.4 is 0 Å². The molecule has 0 bridgehead atoms. The van der Waals surface area contributed by atoms with Gasteiger partial charge < -0.3 is 0 Å². The summed E-state index contributed by atoms with van der Waals surface area (Å²) in [5.74, 6) is 0. The van der Waals surface area contributed by atoms with Gasteiger partial charge in [-0.15, -0.1) is 0 Å². The van der Waals surface area contributed by atoms with Crippen LogP contribution in [-0.2, 0) is 4.74 Å². The molecule has 0 fully saturated rings. The normalized spacial score (nSPS) is 16.6. The Bertz CT molecular complexity index is 127. The molecular weight excluding hydrogens is 201 g/mol. The first-order valence-electron chi connectivity index (χ1n) is 2.08. The van der Waals surface area contributed by atoms with Gasteiger partial charge >= 0.3 is 18.1 Å². The Hall–Kier alpha value is -0.170. The predicted octanol–water partition coefficient (Wildman–Crippen LogP) is 2.65. The minimum Gasteiger partial charge on any atom is -0.263 e. The summed E-state index contributed by atoms with van der Waals surface area (Å²) in [4.78, 5) is 0. The minimum atomic E-state index is -5.49. The fraction of sp³-hybridized carbons (Fsp3) is 1.00. The summed E-state index contributed by atoms with van der Waals surface area (Å²) < 4.78 is 69.8. The number of hydrogen-bond acceptors (Lipinski definition) is 1. The topological polar surface area (TPSA) is 9.23 Å². The quantitative estimate of drug-likeness (QED) is 0.494. The first-order valence-corrected chi connectivity index (χ1v) is 2.46. The third kappa shape index (κ3) is 5.14. The summed E-state index contributed by atoms with van der Waals surface area (Å²) in [6.45, 7) is 0. The zero-order chi connectivity index (χ0) is 9.28. The number of rotatable bonds is 2. The van der Waals surface area contributed by atoms with Gasteiger partial charge in [-0.1, -0.05) is 0 Å². The standard InChI is InChI=1S/C3HClF6O/c4-3(9,10)11-1(5)2(6,7)8/h1H/t1-/m1/s1. The molecule has 0 N–H and O–H groups in total. The zero-order valence-corrected chi connectivity index (χ0v) is 5.39. The zero-order valence-electron chi connectivity index (χ0n) is 4.63. The average molecular weight is 202 g/mol. The highest BCUT2D eigenvalue weighted by atomic mass is 35.5. The van der Waals surface area contributed by atoms with Gasteiger partial charge in [-0.05, 0) is 11.6 Å². The van der Waals surface area contributed by atoms with E-state index in [0.29, 0.717) is 0 Å². The molecule has 0 saturated heterocycles. The van der Waals surface area contributed by atoms with Gasteiger partial charge in [0.15, 0.2) is 0 Å². The molecule has 1 atom stereocenters. The van der Waals surface area contributed by atoms with Gasteiger partial charge in [0.2, 0.25) is 0 Å². The summed E-state index contributed by atoms with van der Waals surface area (Å²) in [7, 11) is 0. The SMILES string of the molecule is F[C@H](OC(F)(F)Cl)C(F)(F)F. The first kappa shape index (κ1) is 10.8. The van der Waals surface area contributed by atoms with Crippen molar-refractivity contribution in [3.05, 3.63) is 0 Å². The van der Waals surface area contributed by atoms with Crippen molar-refractivity contribution in [2.24, 2.45) is 0 Å². The Morgan fingerprint density at radius 1 is 1.09 bits per heavy atom. The molecule has 0 aliphatic heterocycles. The fourth-order valence-electron chi connectivity index (χ4n) is 0.184. The summed E-state index contributed by atoms with van der Waals surface area (Å²) in [5, 5.41) is 0. The van der Waals surface area contributed by atoms with E-state index < -0.39 is 18.1 Å². The highest BCUT2D eigenvalue weighted by Crippen LogP contribution is 2.31. The van der Waals surface area contributed by atoms with Crippen molar-refractivity contribution >= 4 is 11.6 Å². The van der Waals surface area contributed by atoms with Crippen LogP contribution >= 0.6 is 11.6 Å². The van der Waals surface area contributed by atoms with Gasteiger partial charge in [-0.25, -0.2) is 4.39 Å². The van der Waals surface area contributed by atoms with Crippen molar-refractivity contribution in [2.75, 3.05) is 0 Å². The molecule has 8 heteroatoms. The summed E-state index contributed by atoms with van der Waals surface area (Å²) in [5.41, 5.74) is -4.64. The van der Waals surface area contributed by atoms with Crippen LogP contribution in [0.1, 0.15) is 0 Å². The van der Waals surface area contributed by atoms with Gasteiger partial charge in [0, 0.05) is 0 Å². The predicted molar refractivity (Wildman–Crippen MR) is 22.8 cm³/mol. The maximum Gasteiger partial charge on any atom is 0.445 e. The second-order valence-electron chi connectivity index (χ2n) is 1.42. The lowest BCUT2D eigenvalue weighted by Gasteiger charge is -2.15. The van der Waals surface area contributed by atoms with Gasteiger partial charge in [-0.3, -0.25) is 4.74 Å². The molecule has 0 aliphatic rings. The summed E-state index contributed by atoms with van der Waals surface area (Å²) in [6, 6.07) is 0. The van der Waals surface area contributed by atoms with Gasteiger partial charge in [0.05, 0.1) is 0 Å². The van der Waals surface area contributed by atoms with Crippen molar-refractivity contribution in [2.45, 2.75) is 18.1 Å². The smallest absolute Gasteiger partial charge is 0.263 e. The highest BCUT2D eigenvalue weighted by Gasteiger charge is 2.47. The van der Waals surface area contributed by atoms with Crippen LogP contribution in [0.15, 0.2) is 0 Å². The third-order valence-electron chi connectivity index (χ3n) is 0.494. The monoisotopic (exact) mass is 202 g/mol. The molecule has 68 valence electrons. The Labute approximate surface area is 61.9 Å². The molecule has 0 heterocycles. The molecule has 0 unspecified atom stereocenters. The molecular formula is C3HClF6O. The molecule has 0 saturated carbocycles. The van der Waals surface area contributed by atoms with E-state index in [4.69, 9.17) is 0 Å². The van der Waals surface area contributed by atoms with Crippen LogP contribution in [0, 0.1) is 0 Å². The van der Waals surface area contributed by atoms with E-state index in [0.717, 1.165) is 0 Å². The number of alkyl halides is 7. The molecule has 0 rings (SSSR count). The van der Waals surface area contributed by atoms with Crippen LogP contribution in [0.2, 0.25) is 0 Å². The fourth-order valence-corrected chi connectivity index (χ4v) is 0.262. The second kappa shape index (κ2) is 3.06. The van der Waals surface area contributed by atoms with Crippen LogP contribution in [0.4, 0.5) is 26.3 Å². The van der Waals surface area contributed by atoms with Gasteiger partial charge in [0.1, 0.15) is 0 Å². The molecule has 0 aliphatic carbocycles. The maximum atomic E-state index is 11.5. The van der Waals surface area contributed by atoms with Crippen molar-refractivity contribution in [1.82, 2.24) is 0 Å². The van der Waals surface area contributed by atoms with Crippen molar-refractivity contribution in [3.8, 4) is 0 Å². The van der Waals surface area contributed by atoms with Crippen LogP contribution in [-0.4, -0.2) is 18.1 Å².